The second-order valence-corrected chi connectivity index (χ2v) is 8.97. The quantitative estimate of drug-likeness (QED) is 0.635. The topological polar surface area (TPSA) is 94.5 Å². The predicted octanol–water partition coefficient (Wildman–Crippen LogP) is 2.91. The van der Waals surface area contributed by atoms with E-state index in [4.69, 9.17) is 4.74 Å². The first-order valence-electron chi connectivity index (χ1n) is 11.8. The van der Waals surface area contributed by atoms with Crippen molar-refractivity contribution in [3.8, 4) is 5.75 Å². The first-order chi connectivity index (χ1) is 16.1. The molecule has 2 atom stereocenters. The molecular formula is C25H30N4O4. The van der Waals surface area contributed by atoms with Crippen molar-refractivity contribution in [2.24, 2.45) is 4.99 Å². The largest absolute Gasteiger partial charge is 0.493 e. The van der Waals surface area contributed by atoms with Gasteiger partial charge in [-0.15, -0.1) is 0 Å². The number of aliphatic carboxylic acids is 1. The summed E-state index contributed by atoms with van der Waals surface area (Å²) in [5, 5.41) is 13.0. The van der Waals surface area contributed by atoms with Gasteiger partial charge < -0.3 is 25.0 Å². The summed E-state index contributed by atoms with van der Waals surface area (Å²) in [6.07, 6.45) is 10.0. The van der Waals surface area contributed by atoms with Gasteiger partial charge in [0.2, 0.25) is 0 Å². The molecule has 1 aromatic rings. The van der Waals surface area contributed by atoms with E-state index in [1.54, 1.807) is 4.90 Å². The third kappa shape index (κ3) is 4.60. The smallest absolute Gasteiger partial charge is 0.320 e. The van der Waals surface area contributed by atoms with Gasteiger partial charge in [0.15, 0.2) is 0 Å². The van der Waals surface area contributed by atoms with Crippen LogP contribution in [0.3, 0.4) is 0 Å². The Kier molecular flexibility index (Phi) is 6.07. The summed E-state index contributed by atoms with van der Waals surface area (Å²) in [7, 11) is 0. The number of aliphatic imine (C=N–C) groups is 1. The van der Waals surface area contributed by atoms with Crippen LogP contribution in [0, 0.1) is 0 Å². The van der Waals surface area contributed by atoms with Crippen LogP contribution < -0.4 is 10.1 Å². The Morgan fingerprint density at radius 1 is 1.33 bits per heavy atom. The monoisotopic (exact) mass is 450 g/mol. The fourth-order valence-corrected chi connectivity index (χ4v) is 5.04. The van der Waals surface area contributed by atoms with E-state index in [9.17, 15) is 14.7 Å². The summed E-state index contributed by atoms with van der Waals surface area (Å²) in [6, 6.07) is 5.48. The van der Waals surface area contributed by atoms with Crippen LogP contribution >= 0.6 is 0 Å². The Bertz CT molecular complexity index is 1030. The van der Waals surface area contributed by atoms with Gasteiger partial charge in [-0.05, 0) is 36.5 Å². The minimum absolute atomic E-state index is 0.0864. The average Bonchev–Trinajstić information content (AvgIpc) is 3.43. The normalized spacial score (nSPS) is 22.2. The number of urea groups is 1. The van der Waals surface area contributed by atoms with Crippen molar-refractivity contribution in [2.75, 3.05) is 32.8 Å². The summed E-state index contributed by atoms with van der Waals surface area (Å²) in [5.41, 5.74) is 3.13. The van der Waals surface area contributed by atoms with Crippen molar-refractivity contribution >= 4 is 17.8 Å². The number of nitrogens with one attached hydrogen (secondary N) is 1. The molecule has 2 amide bonds. The van der Waals surface area contributed by atoms with Crippen LogP contribution in [0.5, 0.6) is 5.75 Å². The summed E-state index contributed by atoms with van der Waals surface area (Å²) in [4.78, 5) is 32.9. The molecule has 8 nitrogen and oxygen atoms in total. The number of amides is 2. The Labute approximate surface area is 193 Å². The van der Waals surface area contributed by atoms with Gasteiger partial charge in [-0.2, -0.15) is 0 Å². The lowest BCUT2D eigenvalue weighted by atomic mass is 10.00. The van der Waals surface area contributed by atoms with E-state index < -0.39 is 12.0 Å². The average molecular weight is 451 g/mol. The molecule has 174 valence electrons. The minimum atomic E-state index is -0.915. The van der Waals surface area contributed by atoms with Crippen LogP contribution in [-0.4, -0.2) is 71.6 Å². The van der Waals surface area contributed by atoms with Gasteiger partial charge in [-0.3, -0.25) is 9.79 Å². The molecule has 4 heterocycles. The highest BCUT2D eigenvalue weighted by Gasteiger charge is 2.36. The van der Waals surface area contributed by atoms with Crippen molar-refractivity contribution < 1.29 is 19.4 Å². The van der Waals surface area contributed by atoms with Gasteiger partial charge in [0, 0.05) is 44.2 Å². The molecule has 2 unspecified atom stereocenters. The van der Waals surface area contributed by atoms with Crippen LogP contribution in [0.15, 0.2) is 47.0 Å². The third-order valence-electron chi connectivity index (χ3n) is 6.79. The molecule has 0 radical (unpaired) electrons. The van der Waals surface area contributed by atoms with E-state index in [0.29, 0.717) is 26.2 Å². The number of amidine groups is 1. The first-order valence-corrected chi connectivity index (χ1v) is 11.8. The lowest BCUT2D eigenvalue weighted by Crippen LogP contribution is -2.39. The molecule has 0 spiro atoms. The van der Waals surface area contributed by atoms with Crippen LogP contribution in [-0.2, 0) is 11.2 Å². The minimum Gasteiger partial charge on any atom is -0.493 e. The van der Waals surface area contributed by atoms with Gasteiger partial charge in [-0.25, -0.2) is 4.79 Å². The van der Waals surface area contributed by atoms with Gasteiger partial charge >= 0.3 is 12.0 Å². The molecule has 2 N–H and O–H groups in total. The molecule has 0 aliphatic carbocycles. The van der Waals surface area contributed by atoms with Crippen molar-refractivity contribution in [1.29, 1.82) is 0 Å². The summed E-state index contributed by atoms with van der Waals surface area (Å²) >= 11 is 0. The summed E-state index contributed by atoms with van der Waals surface area (Å²) in [5.74, 6) is 0.869. The zero-order valence-electron chi connectivity index (χ0n) is 18.7. The van der Waals surface area contributed by atoms with Crippen molar-refractivity contribution in [3.05, 3.63) is 53.1 Å². The Morgan fingerprint density at radius 3 is 3.12 bits per heavy atom. The number of dihydropyridines is 1. The maximum absolute atomic E-state index is 13.2. The Balaban J connectivity index is 1.20. The molecule has 0 saturated carbocycles. The van der Waals surface area contributed by atoms with E-state index in [2.05, 4.69) is 28.5 Å². The molecule has 1 saturated heterocycles. The second kappa shape index (κ2) is 9.29. The number of carbonyl (C=O) groups excluding carboxylic acids is 1. The number of carboxylic acids is 1. The summed E-state index contributed by atoms with van der Waals surface area (Å²) < 4.78 is 5.66. The number of carboxylic acid groups (broad SMARTS) is 1. The molecular weight excluding hydrogens is 420 g/mol. The van der Waals surface area contributed by atoms with E-state index in [1.165, 1.54) is 5.57 Å². The number of carbonyl (C=O) groups is 2. The number of rotatable bonds is 8. The number of hydrogen-bond donors (Lipinski definition) is 2. The third-order valence-corrected chi connectivity index (χ3v) is 6.79. The second-order valence-electron chi connectivity index (χ2n) is 8.97. The predicted molar refractivity (Wildman–Crippen MR) is 125 cm³/mol. The van der Waals surface area contributed by atoms with E-state index >= 15 is 0 Å². The number of nitrogens with zero attached hydrogens (tertiary/aromatic N) is 3. The maximum atomic E-state index is 13.2. The highest BCUT2D eigenvalue weighted by Crippen LogP contribution is 2.34. The molecule has 5 rings (SSSR count). The number of ether oxygens (including phenoxy) is 1. The molecule has 0 aromatic heterocycles. The van der Waals surface area contributed by atoms with Crippen molar-refractivity contribution in [3.63, 3.8) is 0 Å². The van der Waals surface area contributed by atoms with Crippen molar-refractivity contribution in [2.45, 2.75) is 44.2 Å². The highest BCUT2D eigenvalue weighted by atomic mass is 16.5. The van der Waals surface area contributed by atoms with Crippen LogP contribution in [0.25, 0.3) is 0 Å². The highest BCUT2D eigenvalue weighted by molar-refractivity contribution is 6.02. The van der Waals surface area contributed by atoms with Gasteiger partial charge in [0.25, 0.3) is 0 Å². The van der Waals surface area contributed by atoms with Crippen LogP contribution in [0.2, 0.25) is 0 Å². The Morgan fingerprint density at radius 2 is 2.24 bits per heavy atom. The summed E-state index contributed by atoms with van der Waals surface area (Å²) in [6.45, 7) is 3.28. The maximum Gasteiger partial charge on any atom is 0.320 e. The van der Waals surface area contributed by atoms with E-state index in [-0.39, 0.29) is 18.5 Å². The molecule has 4 aliphatic rings. The fourth-order valence-electron chi connectivity index (χ4n) is 5.04. The van der Waals surface area contributed by atoms with Gasteiger partial charge in [-0.1, -0.05) is 30.4 Å². The lowest BCUT2D eigenvalue weighted by molar-refractivity contribution is -0.138. The lowest BCUT2D eigenvalue weighted by Gasteiger charge is -2.28. The number of benzene rings is 1. The fraction of sp³-hybridized carbons (Fsp3) is 0.480. The first kappa shape index (κ1) is 21.6. The van der Waals surface area contributed by atoms with Crippen LogP contribution in [0.4, 0.5) is 4.79 Å². The molecule has 1 fully saturated rings. The number of fused-ring (bicyclic) bond motifs is 2. The molecule has 33 heavy (non-hydrogen) atoms. The molecule has 8 heteroatoms. The number of hydrogen-bond acceptors (Lipinski definition) is 5. The molecule has 1 aromatic carbocycles. The molecule has 4 aliphatic heterocycles. The van der Waals surface area contributed by atoms with E-state index in [1.807, 2.05) is 23.1 Å². The molecule has 0 bridgehead atoms. The van der Waals surface area contributed by atoms with Gasteiger partial charge in [0.1, 0.15) is 11.6 Å². The van der Waals surface area contributed by atoms with Gasteiger partial charge in [0.05, 0.1) is 19.1 Å². The Hall–Kier alpha value is -3.29. The SMILES string of the molecule is O=C(O)CC(c1ccc2c(c1)OCC2)N1CCN(CCCC2C=CC3=CCCN=C3N2)C1=O. The standard InChI is InChI=1S/C25H30N4O4/c30-23(31)16-21(19-6-5-17-9-14-33-22(17)15-19)29-13-12-28(25(29)32)11-2-4-20-8-7-18-3-1-10-26-24(18)27-20/h3,5-8,15,20-21H,1-2,4,9-14,16H2,(H,26,27)(H,30,31). The zero-order chi connectivity index (χ0) is 22.8. The van der Waals surface area contributed by atoms with Crippen molar-refractivity contribution in [1.82, 2.24) is 15.1 Å². The van der Waals surface area contributed by atoms with E-state index in [0.717, 1.165) is 54.9 Å². The van der Waals surface area contributed by atoms with Crippen LogP contribution in [0.1, 0.15) is 42.9 Å². The zero-order valence-corrected chi connectivity index (χ0v) is 18.7.